The van der Waals surface area contributed by atoms with E-state index in [9.17, 15) is 4.79 Å². The highest BCUT2D eigenvalue weighted by Gasteiger charge is 1.88. The summed E-state index contributed by atoms with van der Waals surface area (Å²) in [7, 11) is 3.20. The van der Waals surface area contributed by atoms with E-state index in [0.29, 0.717) is 0 Å². The Labute approximate surface area is 83.1 Å². The lowest BCUT2D eigenvalue weighted by molar-refractivity contribution is 0.227. The zero-order chi connectivity index (χ0) is 10.3. The molecule has 0 spiro atoms. The molecule has 0 unspecified atom stereocenters. The van der Waals surface area contributed by atoms with Crippen LogP contribution in [-0.2, 0) is 0 Å². The number of hydrogen-bond acceptors (Lipinski definition) is 1. The van der Waals surface area contributed by atoms with Gasteiger partial charge in [-0.15, -0.1) is 0 Å². The molecule has 0 radical (unpaired) electrons. The third-order valence-electron chi connectivity index (χ3n) is 1.17. The van der Waals surface area contributed by atoms with Gasteiger partial charge in [-0.2, -0.15) is 0 Å². The normalized spacial score (nSPS) is 8.23. The van der Waals surface area contributed by atoms with Gasteiger partial charge in [-0.1, -0.05) is 29.8 Å². The van der Waals surface area contributed by atoms with Gasteiger partial charge in [0, 0.05) is 19.1 Å². The van der Waals surface area contributed by atoms with Crippen LogP contribution in [-0.4, -0.2) is 25.0 Å². The highest BCUT2D eigenvalue weighted by Crippen LogP contribution is 2.03. The molecular formula is C9H13ClN2O. The molecule has 13 heavy (non-hydrogen) atoms. The van der Waals surface area contributed by atoms with Crippen molar-refractivity contribution >= 4 is 17.6 Å². The summed E-state index contributed by atoms with van der Waals surface area (Å²) in [4.78, 5) is 11.2. The quantitative estimate of drug-likeness (QED) is 0.684. The molecule has 72 valence electrons. The van der Waals surface area contributed by atoms with Crippen LogP contribution >= 0.6 is 11.6 Å². The molecule has 0 aliphatic heterocycles. The maximum atomic E-state index is 9.85. The zero-order valence-corrected chi connectivity index (χ0v) is 8.45. The third kappa shape index (κ3) is 7.15. The number of halogens is 1. The fourth-order valence-electron chi connectivity index (χ4n) is 0.415. The Balaban J connectivity index is 0.000000226. The lowest BCUT2D eigenvalue weighted by Crippen LogP contribution is -2.27. The third-order valence-corrected chi connectivity index (χ3v) is 1.43. The predicted octanol–water partition coefficient (Wildman–Crippen LogP) is 1.97. The minimum absolute atomic E-state index is 0.407. The molecule has 0 saturated heterocycles. The Morgan fingerprint density at radius 1 is 1.31 bits per heavy atom. The van der Waals surface area contributed by atoms with Crippen LogP contribution in [0.4, 0.5) is 4.79 Å². The molecule has 1 aromatic carbocycles. The van der Waals surface area contributed by atoms with Gasteiger partial charge < -0.3 is 10.6 Å². The van der Waals surface area contributed by atoms with Crippen molar-refractivity contribution in [3.63, 3.8) is 0 Å². The van der Waals surface area contributed by atoms with Crippen LogP contribution in [0.3, 0.4) is 0 Å². The molecule has 4 heteroatoms. The second kappa shape index (κ2) is 6.31. The van der Waals surface area contributed by atoms with Crippen molar-refractivity contribution in [3.05, 3.63) is 35.4 Å². The average Bonchev–Trinajstić information content (AvgIpc) is 2.06. The molecule has 0 aliphatic carbocycles. The molecular weight excluding hydrogens is 188 g/mol. The van der Waals surface area contributed by atoms with Crippen molar-refractivity contribution in [1.82, 2.24) is 4.90 Å². The van der Waals surface area contributed by atoms with Gasteiger partial charge in [0.15, 0.2) is 0 Å². The van der Waals surface area contributed by atoms with Crippen LogP contribution in [0, 0.1) is 0 Å². The number of amides is 2. The van der Waals surface area contributed by atoms with E-state index in [1.165, 1.54) is 4.90 Å². The zero-order valence-electron chi connectivity index (χ0n) is 7.70. The summed E-state index contributed by atoms with van der Waals surface area (Å²) in [6.07, 6.45) is 0. The number of rotatable bonds is 0. The van der Waals surface area contributed by atoms with Gasteiger partial charge in [-0.05, 0) is 12.1 Å². The molecule has 0 heterocycles. The number of hydrogen-bond donors (Lipinski definition) is 1. The number of primary amides is 1. The molecule has 1 rings (SSSR count). The lowest BCUT2D eigenvalue weighted by atomic mass is 10.4. The van der Waals surface area contributed by atoms with Gasteiger partial charge in [-0.3, -0.25) is 0 Å². The summed E-state index contributed by atoms with van der Waals surface area (Å²) in [6, 6.07) is 9.04. The average molecular weight is 201 g/mol. The van der Waals surface area contributed by atoms with E-state index in [1.54, 1.807) is 14.1 Å². The number of nitrogens with two attached hydrogens (primary N) is 1. The van der Waals surface area contributed by atoms with Crippen LogP contribution < -0.4 is 5.73 Å². The molecule has 2 amide bonds. The van der Waals surface area contributed by atoms with Gasteiger partial charge in [0.25, 0.3) is 0 Å². The highest BCUT2D eigenvalue weighted by molar-refractivity contribution is 6.30. The van der Waals surface area contributed by atoms with E-state index in [1.807, 2.05) is 30.3 Å². The van der Waals surface area contributed by atoms with E-state index in [0.717, 1.165) is 5.02 Å². The molecule has 3 nitrogen and oxygen atoms in total. The molecule has 2 N–H and O–H groups in total. The van der Waals surface area contributed by atoms with Crippen LogP contribution in [0.2, 0.25) is 5.02 Å². The summed E-state index contributed by atoms with van der Waals surface area (Å²) < 4.78 is 0. The SMILES string of the molecule is CN(C)C(N)=O.Clc1ccccc1. The fourth-order valence-corrected chi connectivity index (χ4v) is 0.560. The van der Waals surface area contributed by atoms with E-state index in [2.05, 4.69) is 0 Å². The monoisotopic (exact) mass is 200 g/mol. The molecule has 0 aromatic heterocycles. The van der Waals surface area contributed by atoms with E-state index < -0.39 is 6.03 Å². The van der Waals surface area contributed by atoms with Crippen LogP contribution in [0.25, 0.3) is 0 Å². The van der Waals surface area contributed by atoms with Crippen molar-refractivity contribution < 1.29 is 4.79 Å². The molecule has 1 aromatic rings. The molecule has 0 fully saturated rings. The molecule has 0 atom stereocenters. The van der Waals surface area contributed by atoms with Gasteiger partial charge in [0.1, 0.15) is 0 Å². The molecule has 0 aliphatic rings. The van der Waals surface area contributed by atoms with Crippen molar-refractivity contribution in [1.29, 1.82) is 0 Å². The van der Waals surface area contributed by atoms with E-state index in [4.69, 9.17) is 17.3 Å². The maximum absolute atomic E-state index is 9.85. The van der Waals surface area contributed by atoms with Gasteiger partial charge in [0.05, 0.1) is 0 Å². The highest BCUT2D eigenvalue weighted by atomic mass is 35.5. The summed E-state index contributed by atoms with van der Waals surface area (Å²) in [5, 5.41) is 0.794. The topological polar surface area (TPSA) is 46.3 Å². The van der Waals surface area contributed by atoms with Crippen molar-refractivity contribution in [2.24, 2.45) is 5.73 Å². The Morgan fingerprint density at radius 2 is 1.69 bits per heavy atom. The summed E-state index contributed by atoms with van der Waals surface area (Å²) in [5.41, 5.74) is 4.72. The van der Waals surface area contributed by atoms with Crippen LogP contribution in [0.5, 0.6) is 0 Å². The van der Waals surface area contributed by atoms with Crippen molar-refractivity contribution in [2.45, 2.75) is 0 Å². The number of nitrogens with zero attached hydrogens (tertiary/aromatic N) is 1. The summed E-state index contributed by atoms with van der Waals surface area (Å²) in [6.45, 7) is 0. The Bertz CT molecular complexity index is 249. The smallest absolute Gasteiger partial charge is 0.314 e. The van der Waals surface area contributed by atoms with Crippen LogP contribution in [0.15, 0.2) is 30.3 Å². The maximum Gasteiger partial charge on any atom is 0.314 e. The summed E-state index contributed by atoms with van der Waals surface area (Å²) >= 11 is 5.54. The van der Waals surface area contributed by atoms with E-state index in [-0.39, 0.29) is 0 Å². The van der Waals surface area contributed by atoms with Crippen molar-refractivity contribution in [3.8, 4) is 0 Å². The number of urea groups is 1. The first-order valence-electron chi connectivity index (χ1n) is 3.71. The largest absolute Gasteiger partial charge is 0.352 e. The second-order valence-electron chi connectivity index (χ2n) is 2.53. The first-order valence-corrected chi connectivity index (χ1v) is 4.09. The molecule has 0 bridgehead atoms. The van der Waals surface area contributed by atoms with Crippen LogP contribution in [0.1, 0.15) is 0 Å². The van der Waals surface area contributed by atoms with E-state index >= 15 is 0 Å². The standard InChI is InChI=1S/C6H5Cl.C3H8N2O/c7-6-4-2-1-3-5-6;1-5(2)3(4)6/h1-5H;1-2H3,(H2,4,6). The first-order chi connectivity index (χ1) is 6.04. The Kier molecular flexibility index (Phi) is 5.72. The Morgan fingerprint density at radius 3 is 1.85 bits per heavy atom. The minimum atomic E-state index is -0.407. The van der Waals surface area contributed by atoms with Gasteiger partial charge in [0.2, 0.25) is 0 Å². The Hall–Kier alpha value is -1.22. The first kappa shape index (κ1) is 11.8. The molecule has 0 saturated carbocycles. The fraction of sp³-hybridized carbons (Fsp3) is 0.222. The lowest BCUT2D eigenvalue weighted by Gasteiger charge is -2.01. The number of carbonyl (C=O) groups excluding carboxylic acids is 1. The van der Waals surface area contributed by atoms with Gasteiger partial charge >= 0.3 is 6.03 Å². The number of benzene rings is 1. The van der Waals surface area contributed by atoms with Gasteiger partial charge in [-0.25, -0.2) is 4.79 Å². The second-order valence-corrected chi connectivity index (χ2v) is 2.96. The minimum Gasteiger partial charge on any atom is -0.352 e. The predicted molar refractivity (Wildman–Crippen MR) is 54.7 cm³/mol. The van der Waals surface area contributed by atoms with Crippen molar-refractivity contribution in [2.75, 3.05) is 14.1 Å². The summed E-state index contributed by atoms with van der Waals surface area (Å²) in [5.74, 6) is 0. The number of carbonyl (C=O) groups is 1.